The Morgan fingerprint density at radius 2 is 1.93 bits per heavy atom. The fourth-order valence-corrected chi connectivity index (χ4v) is 3.25. The number of carbonyl (C=O) groups is 1. The Bertz CT molecular complexity index is 807. The van der Waals surface area contributed by atoms with Gasteiger partial charge in [-0.3, -0.25) is 4.79 Å². The maximum Gasteiger partial charge on any atom is 0.228 e. The quantitative estimate of drug-likeness (QED) is 0.819. The number of methoxy groups -OCH3 is 2. The predicted octanol–water partition coefficient (Wildman–Crippen LogP) is 3.38. The number of anilines is 2. The van der Waals surface area contributed by atoms with Crippen LogP contribution in [0.3, 0.4) is 0 Å². The number of benzene rings is 2. The third kappa shape index (κ3) is 4.84. The van der Waals surface area contributed by atoms with E-state index in [9.17, 15) is 4.79 Å². The highest BCUT2D eigenvalue weighted by molar-refractivity contribution is 6.31. The number of hydrogen-bond acceptors (Lipinski definition) is 5. The Morgan fingerprint density at radius 3 is 2.63 bits per heavy atom. The molecule has 1 saturated heterocycles. The van der Waals surface area contributed by atoms with Crippen LogP contribution in [0.25, 0.3) is 0 Å². The third-order valence-corrected chi connectivity index (χ3v) is 4.66. The fourth-order valence-electron chi connectivity index (χ4n) is 3.08. The van der Waals surface area contributed by atoms with E-state index in [4.69, 9.17) is 25.8 Å². The Hall–Kier alpha value is -2.44. The van der Waals surface area contributed by atoms with Gasteiger partial charge in [0.2, 0.25) is 5.91 Å². The van der Waals surface area contributed by atoms with Crippen molar-refractivity contribution in [1.82, 2.24) is 0 Å². The first-order valence-corrected chi connectivity index (χ1v) is 9.11. The summed E-state index contributed by atoms with van der Waals surface area (Å²) in [6.45, 7) is 2.87. The van der Waals surface area contributed by atoms with Crippen molar-refractivity contribution < 1.29 is 19.0 Å². The SMILES string of the molecule is COc1ccc(OC)c(CC(=O)Nc2cc(Cl)ccc2N2CCOCC2)c1. The van der Waals surface area contributed by atoms with Gasteiger partial charge in [-0.25, -0.2) is 0 Å². The summed E-state index contributed by atoms with van der Waals surface area (Å²) in [6.07, 6.45) is 0.162. The van der Waals surface area contributed by atoms with Gasteiger partial charge in [-0.2, -0.15) is 0 Å². The molecule has 0 saturated carbocycles. The van der Waals surface area contributed by atoms with E-state index in [0.29, 0.717) is 35.4 Å². The van der Waals surface area contributed by atoms with Gasteiger partial charge in [0.15, 0.2) is 0 Å². The van der Waals surface area contributed by atoms with E-state index in [-0.39, 0.29) is 12.3 Å². The standard InChI is InChI=1S/C20H23ClN2O4/c1-25-16-4-6-19(26-2)14(11-16)12-20(24)22-17-13-15(21)3-5-18(17)23-7-9-27-10-8-23/h3-6,11,13H,7-10,12H2,1-2H3,(H,22,24). The van der Waals surface area contributed by atoms with E-state index >= 15 is 0 Å². The van der Waals surface area contributed by atoms with E-state index in [1.807, 2.05) is 12.1 Å². The third-order valence-electron chi connectivity index (χ3n) is 4.42. The van der Waals surface area contributed by atoms with Crippen molar-refractivity contribution in [2.24, 2.45) is 0 Å². The van der Waals surface area contributed by atoms with Crippen LogP contribution < -0.4 is 19.7 Å². The first kappa shape index (κ1) is 19.3. The smallest absolute Gasteiger partial charge is 0.228 e. The number of rotatable bonds is 6. The van der Waals surface area contributed by atoms with E-state index in [0.717, 1.165) is 24.3 Å². The lowest BCUT2D eigenvalue weighted by Crippen LogP contribution is -2.36. The van der Waals surface area contributed by atoms with E-state index < -0.39 is 0 Å². The Balaban J connectivity index is 1.79. The summed E-state index contributed by atoms with van der Waals surface area (Å²) in [5, 5.41) is 3.55. The van der Waals surface area contributed by atoms with Crippen LogP contribution in [-0.4, -0.2) is 46.4 Å². The summed E-state index contributed by atoms with van der Waals surface area (Å²) in [4.78, 5) is 14.9. The van der Waals surface area contributed by atoms with Crippen molar-refractivity contribution in [3.05, 3.63) is 47.0 Å². The van der Waals surface area contributed by atoms with Crippen LogP contribution in [0, 0.1) is 0 Å². The molecule has 1 aliphatic rings. The average Bonchev–Trinajstić information content (AvgIpc) is 2.68. The van der Waals surface area contributed by atoms with Crippen LogP contribution in [0.15, 0.2) is 36.4 Å². The largest absolute Gasteiger partial charge is 0.497 e. The second-order valence-electron chi connectivity index (χ2n) is 6.16. The molecule has 1 aliphatic heterocycles. The molecule has 0 unspecified atom stereocenters. The Morgan fingerprint density at radius 1 is 1.15 bits per heavy atom. The molecule has 1 N–H and O–H groups in total. The molecule has 2 aromatic rings. The molecule has 0 atom stereocenters. The number of hydrogen-bond donors (Lipinski definition) is 1. The molecule has 0 spiro atoms. The lowest BCUT2D eigenvalue weighted by Gasteiger charge is -2.30. The average molecular weight is 391 g/mol. The molecule has 27 heavy (non-hydrogen) atoms. The zero-order chi connectivity index (χ0) is 19.2. The molecule has 1 heterocycles. The van der Waals surface area contributed by atoms with Crippen LogP contribution in [0.5, 0.6) is 11.5 Å². The predicted molar refractivity (Wildman–Crippen MR) is 106 cm³/mol. The molecule has 0 radical (unpaired) electrons. The molecule has 0 aromatic heterocycles. The van der Waals surface area contributed by atoms with Gasteiger partial charge in [0, 0.05) is 23.7 Å². The van der Waals surface area contributed by atoms with Gasteiger partial charge in [-0.1, -0.05) is 11.6 Å². The van der Waals surface area contributed by atoms with Crippen LogP contribution in [0.4, 0.5) is 11.4 Å². The second kappa shape index (κ2) is 8.97. The van der Waals surface area contributed by atoms with Crippen molar-refractivity contribution >= 4 is 28.9 Å². The number of halogens is 1. The van der Waals surface area contributed by atoms with Crippen LogP contribution in [0.1, 0.15) is 5.56 Å². The van der Waals surface area contributed by atoms with Crippen molar-refractivity contribution in [3.8, 4) is 11.5 Å². The maximum absolute atomic E-state index is 12.7. The zero-order valence-corrected chi connectivity index (χ0v) is 16.2. The minimum absolute atomic E-state index is 0.154. The highest BCUT2D eigenvalue weighted by Gasteiger charge is 2.17. The van der Waals surface area contributed by atoms with E-state index in [2.05, 4.69) is 10.2 Å². The molecule has 1 fully saturated rings. The molecular formula is C20H23ClN2O4. The van der Waals surface area contributed by atoms with E-state index in [1.165, 1.54) is 0 Å². The highest BCUT2D eigenvalue weighted by atomic mass is 35.5. The number of ether oxygens (including phenoxy) is 3. The van der Waals surface area contributed by atoms with Gasteiger partial charge in [-0.15, -0.1) is 0 Å². The zero-order valence-electron chi connectivity index (χ0n) is 15.5. The summed E-state index contributed by atoms with van der Waals surface area (Å²) < 4.78 is 16.0. The molecule has 0 bridgehead atoms. The number of nitrogens with one attached hydrogen (secondary N) is 1. The minimum atomic E-state index is -0.154. The molecular weight excluding hydrogens is 368 g/mol. The summed E-state index contributed by atoms with van der Waals surface area (Å²) >= 11 is 6.16. The first-order valence-electron chi connectivity index (χ1n) is 8.73. The van der Waals surface area contributed by atoms with Crippen molar-refractivity contribution in [1.29, 1.82) is 0 Å². The minimum Gasteiger partial charge on any atom is -0.497 e. The summed E-state index contributed by atoms with van der Waals surface area (Å²) in [5.41, 5.74) is 2.38. The fraction of sp³-hybridized carbons (Fsp3) is 0.350. The molecule has 1 amide bonds. The number of morpholine rings is 1. The summed E-state index contributed by atoms with van der Waals surface area (Å²) in [6, 6.07) is 10.9. The number of nitrogens with zero attached hydrogens (tertiary/aromatic N) is 1. The highest BCUT2D eigenvalue weighted by Crippen LogP contribution is 2.31. The molecule has 7 heteroatoms. The summed E-state index contributed by atoms with van der Waals surface area (Å²) in [5.74, 6) is 1.17. The van der Waals surface area contributed by atoms with Crippen LogP contribution >= 0.6 is 11.6 Å². The monoisotopic (exact) mass is 390 g/mol. The van der Waals surface area contributed by atoms with Crippen molar-refractivity contribution in [2.75, 3.05) is 50.7 Å². The normalized spacial score (nSPS) is 14.0. The van der Waals surface area contributed by atoms with Gasteiger partial charge in [0.25, 0.3) is 0 Å². The molecule has 0 aliphatic carbocycles. The van der Waals surface area contributed by atoms with Gasteiger partial charge >= 0.3 is 0 Å². The summed E-state index contributed by atoms with van der Waals surface area (Å²) in [7, 11) is 3.17. The van der Waals surface area contributed by atoms with Crippen LogP contribution in [-0.2, 0) is 16.0 Å². The van der Waals surface area contributed by atoms with Crippen molar-refractivity contribution in [3.63, 3.8) is 0 Å². The van der Waals surface area contributed by atoms with Gasteiger partial charge in [0.1, 0.15) is 11.5 Å². The Labute approximate surface area is 164 Å². The molecule has 144 valence electrons. The van der Waals surface area contributed by atoms with Gasteiger partial charge in [0.05, 0.1) is 45.2 Å². The van der Waals surface area contributed by atoms with Gasteiger partial charge < -0.3 is 24.4 Å². The van der Waals surface area contributed by atoms with E-state index in [1.54, 1.807) is 38.5 Å². The molecule has 3 rings (SSSR count). The van der Waals surface area contributed by atoms with Crippen LogP contribution in [0.2, 0.25) is 5.02 Å². The first-order chi connectivity index (χ1) is 13.1. The molecule has 6 nitrogen and oxygen atoms in total. The van der Waals surface area contributed by atoms with Gasteiger partial charge in [-0.05, 0) is 36.4 Å². The topological polar surface area (TPSA) is 60.0 Å². The lowest BCUT2D eigenvalue weighted by atomic mass is 10.1. The maximum atomic E-state index is 12.7. The number of carbonyl (C=O) groups excluding carboxylic acids is 1. The molecule has 2 aromatic carbocycles. The lowest BCUT2D eigenvalue weighted by molar-refractivity contribution is -0.115. The second-order valence-corrected chi connectivity index (χ2v) is 6.60. The number of amides is 1. The van der Waals surface area contributed by atoms with Crippen molar-refractivity contribution in [2.45, 2.75) is 6.42 Å². The Kier molecular flexibility index (Phi) is 6.42.